The summed E-state index contributed by atoms with van der Waals surface area (Å²) < 4.78 is 7.62. The first-order valence-electron chi connectivity index (χ1n) is 7.38. The largest absolute Gasteiger partial charge is 0.443 e. The molecule has 7 heteroatoms. The van der Waals surface area contributed by atoms with Gasteiger partial charge in [-0.2, -0.15) is 0 Å². The van der Waals surface area contributed by atoms with Gasteiger partial charge < -0.3 is 19.6 Å². The lowest BCUT2D eigenvalue weighted by Crippen LogP contribution is -2.38. The van der Waals surface area contributed by atoms with Crippen LogP contribution < -0.4 is 10.6 Å². The third-order valence-corrected chi connectivity index (χ3v) is 4.13. The molecule has 0 fully saturated rings. The maximum atomic E-state index is 5.50. The van der Waals surface area contributed by atoms with Gasteiger partial charge in [0.05, 0.1) is 17.1 Å². The molecule has 3 heterocycles. The molecule has 6 nitrogen and oxygen atoms in total. The van der Waals surface area contributed by atoms with Crippen molar-refractivity contribution in [1.29, 1.82) is 0 Å². The fourth-order valence-electron chi connectivity index (χ4n) is 2.12. The second kappa shape index (κ2) is 7.64. The standard InChI is InChI=1S/C16H19N5OS/c1-17-16(18-6-9-21-7-2-3-8-21)19-11-13-12-22-15(20-13)14-5-4-10-23-14/h2-5,7-8,10,12H,6,9,11H2,1H3,(H2,17,18,19). The normalized spacial score (nSPS) is 11.6. The Hall–Kier alpha value is -2.54. The first kappa shape index (κ1) is 15.4. The summed E-state index contributed by atoms with van der Waals surface area (Å²) in [6, 6.07) is 8.01. The Bertz CT molecular complexity index is 730. The zero-order chi connectivity index (χ0) is 15.9. The van der Waals surface area contributed by atoms with Gasteiger partial charge in [-0.15, -0.1) is 11.3 Å². The average molecular weight is 329 g/mol. The molecule has 3 rings (SSSR count). The highest BCUT2D eigenvalue weighted by atomic mass is 32.1. The number of aromatic nitrogens is 2. The van der Waals surface area contributed by atoms with E-state index in [9.17, 15) is 0 Å². The lowest BCUT2D eigenvalue weighted by atomic mass is 10.4. The van der Waals surface area contributed by atoms with Gasteiger partial charge in [-0.05, 0) is 23.6 Å². The van der Waals surface area contributed by atoms with E-state index >= 15 is 0 Å². The van der Waals surface area contributed by atoms with E-state index in [2.05, 4.69) is 25.2 Å². The predicted molar refractivity (Wildman–Crippen MR) is 92.4 cm³/mol. The molecule has 0 aliphatic heterocycles. The molecule has 0 amide bonds. The molecular weight excluding hydrogens is 310 g/mol. The molecule has 0 saturated carbocycles. The van der Waals surface area contributed by atoms with Crippen LogP contribution in [0.2, 0.25) is 0 Å². The SMILES string of the molecule is CN=C(NCCn1cccc1)NCc1coc(-c2cccs2)n1. The Morgan fingerprint density at radius 2 is 2.17 bits per heavy atom. The highest BCUT2D eigenvalue weighted by Gasteiger charge is 2.07. The van der Waals surface area contributed by atoms with Gasteiger partial charge in [-0.1, -0.05) is 6.07 Å². The average Bonchev–Trinajstić information content (AvgIpc) is 3.32. The van der Waals surface area contributed by atoms with Crippen molar-refractivity contribution in [3.8, 4) is 10.8 Å². The zero-order valence-corrected chi connectivity index (χ0v) is 13.7. The van der Waals surface area contributed by atoms with E-state index in [0.29, 0.717) is 12.4 Å². The minimum Gasteiger partial charge on any atom is -0.443 e. The summed E-state index contributed by atoms with van der Waals surface area (Å²) in [5.41, 5.74) is 0.849. The minimum absolute atomic E-state index is 0.568. The molecule has 0 saturated heterocycles. The van der Waals surface area contributed by atoms with E-state index in [1.54, 1.807) is 24.6 Å². The van der Waals surface area contributed by atoms with Crippen molar-refractivity contribution in [3.05, 3.63) is 54.0 Å². The van der Waals surface area contributed by atoms with Crippen LogP contribution in [-0.4, -0.2) is 29.1 Å². The summed E-state index contributed by atoms with van der Waals surface area (Å²) >= 11 is 1.61. The third kappa shape index (κ3) is 4.23. The number of thiophene rings is 1. The molecule has 0 atom stereocenters. The van der Waals surface area contributed by atoms with Crippen molar-refractivity contribution in [2.24, 2.45) is 4.99 Å². The van der Waals surface area contributed by atoms with Crippen LogP contribution in [0.5, 0.6) is 0 Å². The molecule has 0 aliphatic rings. The Morgan fingerprint density at radius 1 is 1.30 bits per heavy atom. The van der Waals surface area contributed by atoms with Gasteiger partial charge in [-0.3, -0.25) is 4.99 Å². The Labute approximate surface area is 138 Å². The first-order valence-corrected chi connectivity index (χ1v) is 8.26. The van der Waals surface area contributed by atoms with Gasteiger partial charge in [0.15, 0.2) is 5.96 Å². The second-order valence-corrected chi connectivity index (χ2v) is 5.84. The van der Waals surface area contributed by atoms with Gasteiger partial charge in [0, 0.05) is 32.5 Å². The van der Waals surface area contributed by atoms with Crippen molar-refractivity contribution in [3.63, 3.8) is 0 Å². The minimum atomic E-state index is 0.568. The van der Waals surface area contributed by atoms with E-state index in [4.69, 9.17) is 4.42 Å². The summed E-state index contributed by atoms with van der Waals surface area (Å²) in [6.45, 7) is 2.26. The molecule has 120 valence electrons. The van der Waals surface area contributed by atoms with Crippen molar-refractivity contribution >= 4 is 17.3 Å². The fraction of sp³-hybridized carbons (Fsp3) is 0.250. The van der Waals surface area contributed by atoms with E-state index in [0.717, 1.165) is 29.6 Å². The van der Waals surface area contributed by atoms with Crippen LogP contribution in [-0.2, 0) is 13.1 Å². The number of nitrogens with one attached hydrogen (secondary N) is 2. The number of hydrogen-bond donors (Lipinski definition) is 2. The number of oxazole rings is 1. The highest BCUT2D eigenvalue weighted by molar-refractivity contribution is 7.13. The molecule has 0 bridgehead atoms. The fourth-order valence-corrected chi connectivity index (χ4v) is 2.77. The second-order valence-electron chi connectivity index (χ2n) is 4.89. The quantitative estimate of drug-likeness (QED) is 0.539. The van der Waals surface area contributed by atoms with Crippen LogP contribution in [0.3, 0.4) is 0 Å². The summed E-state index contributed by atoms with van der Waals surface area (Å²) in [5, 5.41) is 8.52. The van der Waals surface area contributed by atoms with E-state index in [-0.39, 0.29) is 0 Å². The Kier molecular flexibility index (Phi) is 5.10. The molecule has 0 aromatic carbocycles. The molecule has 0 spiro atoms. The molecule has 0 radical (unpaired) electrons. The van der Waals surface area contributed by atoms with Crippen LogP contribution in [0.4, 0.5) is 0 Å². The lowest BCUT2D eigenvalue weighted by Gasteiger charge is -2.11. The van der Waals surface area contributed by atoms with Gasteiger partial charge >= 0.3 is 0 Å². The summed E-state index contributed by atoms with van der Waals surface area (Å²) in [5.74, 6) is 1.41. The monoisotopic (exact) mass is 329 g/mol. The molecule has 0 unspecified atom stereocenters. The van der Waals surface area contributed by atoms with Crippen molar-refractivity contribution < 1.29 is 4.42 Å². The van der Waals surface area contributed by atoms with Crippen LogP contribution in [0.25, 0.3) is 10.8 Å². The lowest BCUT2D eigenvalue weighted by molar-refractivity contribution is 0.573. The topological polar surface area (TPSA) is 67.4 Å². The van der Waals surface area contributed by atoms with Crippen LogP contribution in [0.15, 0.2) is 57.7 Å². The van der Waals surface area contributed by atoms with Crippen LogP contribution in [0, 0.1) is 0 Å². The number of nitrogens with zero attached hydrogens (tertiary/aromatic N) is 3. The maximum absolute atomic E-state index is 5.50. The summed E-state index contributed by atoms with van der Waals surface area (Å²) in [4.78, 5) is 9.71. The third-order valence-electron chi connectivity index (χ3n) is 3.27. The number of guanidine groups is 1. The van der Waals surface area contributed by atoms with Crippen LogP contribution in [0.1, 0.15) is 5.69 Å². The van der Waals surface area contributed by atoms with Gasteiger partial charge in [-0.25, -0.2) is 4.98 Å². The summed E-state index contributed by atoms with van der Waals surface area (Å²) in [7, 11) is 1.75. The van der Waals surface area contributed by atoms with E-state index in [1.165, 1.54) is 0 Å². The molecule has 3 aromatic heterocycles. The summed E-state index contributed by atoms with van der Waals surface area (Å²) in [6.07, 6.45) is 5.76. The van der Waals surface area contributed by atoms with Crippen LogP contribution >= 0.6 is 11.3 Å². The van der Waals surface area contributed by atoms with Gasteiger partial charge in [0.25, 0.3) is 0 Å². The number of rotatable bonds is 6. The van der Waals surface area contributed by atoms with Crippen molar-refractivity contribution in [1.82, 2.24) is 20.2 Å². The Morgan fingerprint density at radius 3 is 2.91 bits per heavy atom. The molecule has 2 N–H and O–H groups in total. The first-order chi connectivity index (χ1) is 11.3. The van der Waals surface area contributed by atoms with Gasteiger partial charge in [0.2, 0.25) is 5.89 Å². The number of aliphatic imine (C=N–C) groups is 1. The highest BCUT2D eigenvalue weighted by Crippen LogP contribution is 2.23. The molecule has 23 heavy (non-hydrogen) atoms. The molecule has 0 aliphatic carbocycles. The predicted octanol–water partition coefficient (Wildman–Crippen LogP) is 2.57. The zero-order valence-electron chi connectivity index (χ0n) is 12.9. The molecule has 3 aromatic rings. The maximum Gasteiger partial charge on any atom is 0.236 e. The Balaban J connectivity index is 1.46. The smallest absolute Gasteiger partial charge is 0.236 e. The van der Waals surface area contributed by atoms with E-state index < -0.39 is 0 Å². The van der Waals surface area contributed by atoms with Gasteiger partial charge in [0.1, 0.15) is 6.26 Å². The van der Waals surface area contributed by atoms with E-state index in [1.807, 2.05) is 42.0 Å². The van der Waals surface area contributed by atoms with Crippen molar-refractivity contribution in [2.45, 2.75) is 13.1 Å². The molecular formula is C16H19N5OS. The number of hydrogen-bond acceptors (Lipinski definition) is 4. The van der Waals surface area contributed by atoms with Crippen molar-refractivity contribution in [2.75, 3.05) is 13.6 Å².